The van der Waals surface area contributed by atoms with Crippen LogP contribution in [0.1, 0.15) is 36.2 Å². The van der Waals surface area contributed by atoms with E-state index in [-0.39, 0.29) is 11.9 Å². The Morgan fingerprint density at radius 2 is 1.90 bits per heavy atom. The van der Waals surface area contributed by atoms with Crippen LogP contribution in [0, 0.1) is 6.92 Å². The number of aromatic nitrogens is 2. The highest BCUT2D eigenvalue weighted by Crippen LogP contribution is 2.16. The van der Waals surface area contributed by atoms with Crippen molar-refractivity contribution in [3.05, 3.63) is 47.8 Å². The molecule has 110 valence electrons. The van der Waals surface area contributed by atoms with Crippen molar-refractivity contribution in [2.75, 3.05) is 5.32 Å². The zero-order valence-electron chi connectivity index (χ0n) is 12.6. The van der Waals surface area contributed by atoms with E-state index >= 15 is 0 Å². The van der Waals surface area contributed by atoms with Gasteiger partial charge in [0.1, 0.15) is 0 Å². The van der Waals surface area contributed by atoms with Crippen LogP contribution in [-0.2, 0) is 0 Å². The summed E-state index contributed by atoms with van der Waals surface area (Å²) in [4.78, 5) is 20.3. The highest BCUT2D eigenvalue weighted by molar-refractivity contribution is 5.93. The molecule has 0 spiro atoms. The van der Waals surface area contributed by atoms with Crippen LogP contribution in [0.25, 0.3) is 0 Å². The van der Waals surface area contributed by atoms with Crippen molar-refractivity contribution in [2.45, 2.75) is 33.2 Å². The van der Waals surface area contributed by atoms with E-state index in [9.17, 15) is 4.79 Å². The lowest BCUT2D eigenvalue weighted by Crippen LogP contribution is -2.32. The number of amides is 1. The lowest BCUT2D eigenvalue weighted by molar-refractivity contribution is 0.0938. The normalized spacial score (nSPS) is 11.8. The predicted molar refractivity (Wildman–Crippen MR) is 83.7 cm³/mol. The summed E-state index contributed by atoms with van der Waals surface area (Å²) in [7, 11) is 0. The molecule has 0 aliphatic rings. The summed E-state index contributed by atoms with van der Waals surface area (Å²) in [5.74, 6) is 0.330. The maximum absolute atomic E-state index is 11.9. The number of nitrogens with zero attached hydrogens (tertiary/aromatic N) is 2. The van der Waals surface area contributed by atoms with Gasteiger partial charge in [-0.05, 0) is 31.9 Å². The first kappa shape index (κ1) is 15.0. The third-order valence-corrected chi connectivity index (χ3v) is 3.30. The monoisotopic (exact) mass is 284 g/mol. The van der Waals surface area contributed by atoms with Crippen molar-refractivity contribution in [1.82, 2.24) is 15.3 Å². The average Bonchev–Trinajstić information content (AvgIpc) is 2.50. The van der Waals surface area contributed by atoms with Gasteiger partial charge in [0, 0.05) is 24.1 Å². The Morgan fingerprint density at radius 1 is 1.24 bits per heavy atom. The van der Waals surface area contributed by atoms with Gasteiger partial charge in [-0.2, -0.15) is 0 Å². The van der Waals surface area contributed by atoms with E-state index in [0.717, 1.165) is 17.7 Å². The van der Waals surface area contributed by atoms with Crippen molar-refractivity contribution >= 4 is 17.5 Å². The quantitative estimate of drug-likeness (QED) is 0.885. The number of hydrogen-bond donors (Lipinski definition) is 2. The molecule has 5 heteroatoms. The molecule has 2 rings (SSSR count). The summed E-state index contributed by atoms with van der Waals surface area (Å²) in [6.45, 7) is 6.00. The average molecular weight is 284 g/mol. The van der Waals surface area contributed by atoms with Gasteiger partial charge >= 0.3 is 0 Å². The van der Waals surface area contributed by atoms with Gasteiger partial charge < -0.3 is 10.6 Å². The number of benzene rings is 1. The second-order valence-corrected chi connectivity index (χ2v) is 5.02. The number of carbonyl (C=O) groups excluding carboxylic acids is 1. The van der Waals surface area contributed by atoms with E-state index in [4.69, 9.17) is 0 Å². The number of para-hydroxylation sites is 1. The molecule has 0 aliphatic carbocycles. The molecule has 2 aromatic rings. The van der Waals surface area contributed by atoms with Crippen LogP contribution in [0.5, 0.6) is 0 Å². The van der Waals surface area contributed by atoms with Crippen LogP contribution < -0.4 is 10.6 Å². The molecule has 1 heterocycles. The predicted octanol–water partition coefficient (Wildman–Crippen LogP) is 3.06. The molecular formula is C16H20N4O. The van der Waals surface area contributed by atoms with Gasteiger partial charge in [-0.25, -0.2) is 9.97 Å². The number of nitrogens with one attached hydrogen (secondary N) is 2. The van der Waals surface area contributed by atoms with Crippen molar-refractivity contribution < 1.29 is 4.79 Å². The third-order valence-electron chi connectivity index (χ3n) is 3.30. The topological polar surface area (TPSA) is 66.9 Å². The van der Waals surface area contributed by atoms with Gasteiger partial charge in [0.2, 0.25) is 5.95 Å². The third kappa shape index (κ3) is 4.02. The Bertz CT molecular complexity index is 610. The minimum absolute atomic E-state index is 0.141. The van der Waals surface area contributed by atoms with E-state index in [1.54, 1.807) is 0 Å². The van der Waals surface area contributed by atoms with E-state index < -0.39 is 0 Å². The van der Waals surface area contributed by atoms with Crippen LogP contribution in [0.2, 0.25) is 0 Å². The minimum atomic E-state index is -0.146. The van der Waals surface area contributed by atoms with E-state index in [0.29, 0.717) is 11.5 Å². The molecular weight excluding hydrogens is 264 g/mol. The molecule has 1 unspecified atom stereocenters. The molecule has 0 saturated carbocycles. The van der Waals surface area contributed by atoms with Gasteiger partial charge in [0.15, 0.2) is 0 Å². The second kappa shape index (κ2) is 6.83. The minimum Gasteiger partial charge on any atom is -0.350 e. The Kier molecular flexibility index (Phi) is 4.87. The summed E-state index contributed by atoms with van der Waals surface area (Å²) >= 11 is 0. The molecule has 1 aromatic heterocycles. The lowest BCUT2D eigenvalue weighted by atomic mass is 10.2. The molecule has 0 bridgehead atoms. The summed E-state index contributed by atoms with van der Waals surface area (Å²) < 4.78 is 0. The standard InChI is InChI=1S/C16H20N4O/c1-4-12(3)19-15(21)13-9-17-16(18-10-13)20-14-8-6-5-7-11(14)2/h5-10,12H,4H2,1-3H3,(H,19,21)(H,17,18,20). The van der Waals surface area contributed by atoms with Crippen LogP contribution in [0.4, 0.5) is 11.6 Å². The zero-order chi connectivity index (χ0) is 15.2. The molecule has 2 N–H and O–H groups in total. The Balaban J connectivity index is 2.05. The van der Waals surface area contributed by atoms with Gasteiger partial charge in [0.05, 0.1) is 5.56 Å². The second-order valence-electron chi connectivity index (χ2n) is 5.02. The van der Waals surface area contributed by atoms with Crippen molar-refractivity contribution in [2.24, 2.45) is 0 Å². The molecule has 5 nitrogen and oxygen atoms in total. The fourth-order valence-electron chi connectivity index (χ4n) is 1.75. The van der Waals surface area contributed by atoms with Crippen LogP contribution in [0.3, 0.4) is 0 Å². The smallest absolute Gasteiger partial charge is 0.254 e. The number of aryl methyl sites for hydroxylation is 1. The number of anilines is 2. The Labute approximate surface area is 124 Å². The van der Waals surface area contributed by atoms with Crippen LogP contribution >= 0.6 is 0 Å². The number of hydrogen-bond acceptors (Lipinski definition) is 4. The van der Waals surface area contributed by atoms with E-state index in [1.165, 1.54) is 12.4 Å². The summed E-state index contributed by atoms with van der Waals surface area (Å²) in [6.07, 6.45) is 3.95. The van der Waals surface area contributed by atoms with E-state index in [2.05, 4.69) is 20.6 Å². The van der Waals surface area contributed by atoms with Crippen LogP contribution in [-0.4, -0.2) is 21.9 Å². The van der Waals surface area contributed by atoms with Gasteiger partial charge in [-0.1, -0.05) is 25.1 Å². The molecule has 0 aliphatic heterocycles. The van der Waals surface area contributed by atoms with Gasteiger partial charge in [0.25, 0.3) is 5.91 Å². The number of carbonyl (C=O) groups is 1. The summed E-state index contributed by atoms with van der Waals surface area (Å²) in [6, 6.07) is 8.04. The van der Waals surface area contributed by atoms with Crippen LogP contribution in [0.15, 0.2) is 36.7 Å². The SMILES string of the molecule is CCC(C)NC(=O)c1cnc(Nc2ccccc2C)nc1. The Morgan fingerprint density at radius 3 is 2.52 bits per heavy atom. The fraction of sp³-hybridized carbons (Fsp3) is 0.312. The zero-order valence-corrected chi connectivity index (χ0v) is 12.6. The highest BCUT2D eigenvalue weighted by atomic mass is 16.1. The highest BCUT2D eigenvalue weighted by Gasteiger charge is 2.09. The van der Waals surface area contributed by atoms with Gasteiger partial charge in [-0.3, -0.25) is 4.79 Å². The largest absolute Gasteiger partial charge is 0.350 e. The summed E-state index contributed by atoms with van der Waals surface area (Å²) in [5, 5.41) is 6.02. The summed E-state index contributed by atoms with van der Waals surface area (Å²) in [5.41, 5.74) is 2.53. The fourth-order valence-corrected chi connectivity index (χ4v) is 1.75. The lowest BCUT2D eigenvalue weighted by Gasteiger charge is -2.11. The van der Waals surface area contributed by atoms with Gasteiger partial charge in [-0.15, -0.1) is 0 Å². The molecule has 21 heavy (non-hydrogen) atoms. The van der Waals surface area contributed by atoms with Crippen molar-refractivity contribution in [1.29, 1.82) is 0 Å². The molecule has 0 fully saturated rings. The first-order chi connectivity index (χ1) is 10.1. The molecule has 1 atom stereocenters. The molecule has 1 aromatic carbocycles. The number of rotatable bonds is 5. The van der Waals surface area contributed by atoms with Crippen molar-refractivity contribution in [3.8, 4) is 0 Å². The molecule has 0 saturated heterocycles. The molecule has 0 radical (unpaired) electrons. The van der Waals surface area contributed by atoms with E-state index in [1.807, 2.05) is 45.0 Å². The van der Waals surface area contributed by atoms with Crippen molar-refractivity contribution in [3.63, 3.8) is 0 Å². The maximum Gasteiger partial charge on any atom is 0.254 e. The molecule has 1 amide bonds. The maximum atomic E-state index is 11.9. The Hall–Kier alpha value is -2.43. The first-order valence-corrected chi connectivity index (χ1v) is 7.05. The first-order valence-electron chi connectivity index (χ1n) is 7.05.